The third kappa shape index (κ3) is 3.17. The largest absolute Gasteiger partial charge is 0.347 e. The lowest BCUT2D eigenvalue weighted by Crippen LogP contribution is -2.51. The van der Waals surface area contributed by atoms with Crippen LogP contribution >= 0.6 is 12.4 Å². The summed E-state index contributed by atoms with van der Waals surface area (Å²) in [5.74, 6) is 0.854. The van der Waals surface area contributed by atoms with E-state index in [2.05, 4.69) is 15.5 Å². The zero-order valence-electron chi connectivity index (χ0n) is 9.73. The van der Waals surface area contributed by atoms with Crippen LogP contribution in [0.2, 0.25) is 0 Å². The van der Waals surface area contributed by atoms with Gasteiger partial charge in [0, 0.05) is 6.92 Å². The number of aryl methyl sites for hydroxylation is 1. The standard InChI is InChI=1S/C10H16N4O2.ClH/c1-7-13-8(14-16-7)6-12-9(15)10(11)4-2-3-5-10;/h2-6,11H2,1H3,(H,12,15);1H. The average Bonchev–Trinajstić information content (AvgIpc) is 2.85. The Labute approximate surface area is 106 Å². The molecule has 1 aliphatic carbocycles. The highest BCUT2D eigenvalue weighted by molar-refractivity contribution is 5.86. The third-order valence-corrected chi connectivity index (χ3v) is 2.92. The molecule has 0 aromatic carbocycles. The second kappa shape index (κ2) is 5.46. The zero-order valence-corrected chi connectivity index (χ0v) is 10.5. The summed E-state index contributed by atoms with van der Waals surface area (Å²) in [6.45, 7) is 1.98. The molecule has 96 valence electrons. The van der Waals surface area contributed by atoms with Gasteiger partial charge in [-0.1, -0.05) is 18.0 Å². The van der Waals surface area contributed by atoms with Gasteiger partial charge in [0.05, 0.1) is 12.1 Å². The summed E-state index contributed by atoms with van der Waals surface area (Å²) >= 11 is 0. The molecule has 0 aliphatic heterocycles. The van der Waals surface area contributed by atoms with Gasteiger partial charge in [-0.2, -0.15) is 4.98 Å². The van der Waals surface area contributed by atoms with Gasteiger partial charge in [0.2, 0.25) is 11.8 Å². The van der Waals surface area contributed by atoms with E-state index in [1.807, 2.05) is 0 Å². The normalized spacial score (nSPS) is 17.5. The van der Waals surface area contributed by atoms with Gasteiger partial charge in [0.15, 0.2) is 5.82 Å². The van der Waals surface area contributed by atoms with E-state index in [0.29, 0.717) is 11.7 Å². The molecule has 1 saturated carbocycles. The smallest absolute Gasteiger partial charge is 0.240 e. The molecule has 0 spiro atoms. The Morgan fingerprint density at radius 2 is 2.18 bits per heavy atom. The van der Waals surface area contributed by atoms with E-state index >= 15 is 0 Å². The van der Waals surface area contributed by atoms with Crippen LogP contribution in [0.4, 0.5) is 0 Å². The van der Waals surface area contributed by atoms with Gasteiger partial charge in [-0.25, -0.2) is 0 Å². The molecule has 3 N–H and O–H groups in total. The monoisotopic (exact) mass is 260 g/mol. The number of nitrogens with two attached hydrogens (primary N) is 1. The maximum Gasteiger partial charge on any atom is 0.240 e. The Balaban J connectivity index is 0.00000144. The van der Waals surface area contributed by atoms with Crippen molar-refractivity contribution in [1.29, 1.82) is 0 Å². The fourth-order valence-electron chi connectivity index (χ4n) is 1.98. The van der Waals surface area contributed by atoms with E-state index in [1.54, 1.807) is 6.92 Å². The van der Waals surface area contributed by atoms with Crippen LogP contribution < -0.4 is 11.1 Å². The lowest BCUT2D eigenvalue weighted by molar-refractivity contribution is -0.126. The summed E-state index contributed by atoms with van der Waals surface area (Å²) in [6.07, 6.45) is 3.55. The van der Waals surface area contributed by atoms with Crippen LogP contribution in [-0.2, 0) is 11.3 Å². The summed E-state index contributed by atoms with van der Waals surface area (Å²) < 4.78 is 4.80. The van der Waals surface area contributed by atoms with Crippen LogP contribution in [0, 0.1) is 6.92 Å². The zero-order chi connectivity index (χ0) is 11.6. The van der Waals surface area contributed by atoms with Crippen LogP contribution in [0.3, 0.4) is 0 Å². The van der Waals surface area contributed by atoms with Gasteiger partial charge in [0.25, 0.3) is 0 Å². The summed E-state index contributed by atoms with van der Waals surface area (Å²) in [4.78, 5) is 15.8. The number of nitrogens with one attached hydrogen (secondary N) is 1. The van der Waals surface area contributed by atoms with E-state index < -0.39 is 5.54 Å². The molecular weight excluding hydrogens is 244 g/mol. The number of nitrogens with zero attached hydrogens (tertiary/aromatic N) is 2. The molecule has 1 aromatic rings. The molecular formula is C10H17ClN4O2. The summed E-state index contributed by atoms with van der Waals surface area (Å²) in [6, 6.07) is 0. The van der Waals surface area contributed by atoms with Crippen LogP contribution in [0.25, 0.3) is 0 Å². The van der Waals surface area contributed by atoms with Gasteiger partial charge in [0.1, 0.15) is 0 Å². The Hall–Kier alpha value is -1.14. The first-order chi connectivity index (χ1) is 7.60. The van der Waals surface area contributed by atoms with Crippen molar-refractivity contribution in [2.45, 2.75) is 44.7 Å². The van der Waals surface area contributed by atoms with E-state index in [4.69, 9.17) is 10.3 Å². The SMILES string of the molecule is Cc1nc(CNC(=O)C2(N)CCCC2)no1.Cl. The van der Waals surface area contributed by atoms with Crippen molar-refractivity contribution in [1.82, 2.24) is 15.5 Å². The van der Waals surface area contributed by atoms with Crippen LogP contribution in [0.15, 0.2) is 4.52 Å². The molecule has 0 atom stereocenters. The summed E-state index contributed by atoms with van der Waals surface area (Å²) in [7, 11) is 0. The number of rotatable bonds is 3. The minimum atomic E-state index is -0.696. The molecule has 1 aliphatic rings. The summed E-state index contributed by atoms with van der Waals surface area (Å²) in [5, 5.41) is 6.44. The first kappa shape index (κ1) is 13.9. The Morgan fingerprint density at radius 3 is 2.71 bits per heavy atom. The number of halogens is 1. The highest BCUT2D eigenvalue weighted by Crippen LogP contribution is 2.27. The highest BCUT2D eigenvalue weighted by Gasteiger charge is 2.36. The van der Waals surface area contributed by atoms with Gasteiger partial charge in [-0.15, -0.1) is 12.4 Å². The minimum absolute atomic E-state index is 0. The Kier molecular flexibility index (Phi) is 4.47. The van der Waals surface area contributed by atoms with Crippen molar-refractivity contribution < 1.29 is 9.32 Å². The molecule has 0 saturated heterocycles. The lowest BCUT2D eigenvalue weighted by Gasteiger charge is -2.21. The van der Waals surface area contributed by atoms with Crippen LogP contribution in [-0.4, -0.2) is 21.6 Å². The van der Waals surface area contributed by atoms with E-state index in [9.17, 15) is 4.79 Å². The Bertz CT molecular complexity index is 387. The Morgan fingerprint density at radius 1 is 1.53 bits per heavy atom. The summed E-state index contributed by atoms with van der Waals surface area (Å²) in [5.41, 5.74) is 5.30. The van der Waals surface area contributed by atoms with Gasteiger partial charge < -0.3 is 15.6 Å². The van der Waals surface area contributed by atoms with E-state index in [1.165, 1.54) is 0 Å². The number of carbonyl (C=O) groups is 1. The van der Waals surface area contributed by atoms with Crippen LogP contribution in [0.1, 0.15) is 37.4 Å². The van der Waals surface area contributed by atoms with Crippen molar-refractivity contribution in [3.8, 4) is 0 Å². The first-order valence-electron chi connectivity index (χ1n) is 5.46. The molecule has 17 heavy (non-hydrogen) atoms. The number of amides is 1. The quantitative estimate of drug-likeness (QED) is 0.834. The average molecular weight is 261 g/mol. The van der Waals surface area contributed by atoms with Gasteiger partial charge in [-0.05, 0) is 12.8 Å². The topological polar surface area (TPSA) is 94.0 Å². The maximum absolute atomic E-state index is 11.8. The van der Waals surface area contributed by atoms with Crippen molar-refractivity contribution in [2.75, 3.05) is 0 Å². The van der Waals surface area contributed by atoms with Crippen molar-refractivity contribution in [3.05, 3.63) is 11.7 Å². The van der Waals surface area contributed by atoms with E-state index in [-0.39, 0.29) is 24.9 Å². The number of carbonyl (C=O) groups excluding carboxylic acids is 1. The van der Waals surface area contributed by atoms with E-state index in [0.717, 1.165) is 25.7 Å². The van der Waals surface area contributed by atoms with Crippen LogP contribution in [0.5, 0.6) is 0 Å². The number of hydrogen-bond donors (Lipinski definition) is 2. The fraction of sp³-hybridized carbons (Fsp3) is 0.700. The van der Waals surface area contributed by atoms with Crippen molar-refractivity contribution in [2.24, 2.45) is 5.73 Å². The molecule has 0 unspecified atom stereocenters. The number of aromatic nitrogens is 2. The van der Waals surface area contributed by atoms with Gasteiger partial charge in [-0.3, -0.25) is 4.79 Å². The second-order valence-electron chi connectivity index (χ2n) is 4.28. The molecule has 2 rings (SSSR count). The third-order valence-electron chi connectivity index (χ3n) is 2.92. The lowest BCUT2D eigenvalue weighted by atomic mass is 9.98. The first-order valence-corrected chi connectivity index (χ1v) is 5.46. The molecule has 0 bridgehead atoms. The predicted octanol–water partition coefficient (Wildman–Crippen LogP) is 0.688. The number of hydrogen-bond acceptors (Lipinski definition) is 5. The molecule has 1 amide bonds. The predicted molar refractivity (Wildman–Crippen MR) is 63.5 cm³/mol. The molecule has 7 heteroatoms. The maximum atomic E-state index is 11.8. The molecule has 1 aromatic heterocycles. The van der Waals surface area contributed by atoms with Crippen molar-refractivity contribution >= 4 is 18.3 Å². The molecule has 1 fully saturated rings. The second-order valence-corrected chi connectivity index (χ2v) is 4.28. The fourth-order valence-corrected chi connectivity index (χ4v) is 1.98. The molecule has 0 radical (unpaired) electrons. The minimum Gasteiger partial charge on any atom is -0.347 e. The van der Waals surface area contributed by atoms with Crippen molar-refractivity contribution in [3.63, 3.8) is 0 Å². The van der Waals surface area contributed by atoms with Gasteiger partial charge >= 0.3 is 0 Å². The highest BCUT2D eigenvalue weighted by atomic mass is 35.5. The molecule has 6 nitrogen and oxygen atoms in total. The molecule has 1 heterocycles.